The van der Waals surface area contributed by atoms with E-state index >= 15 is 0 Å². The van der Waals surface area contributed by atoms with Gasteiger partial charge in [-0.25, -0.2) is 35.0 Å². The number of hydrogen-bond donors (Lipinski definition) is 5. The van der Waals surface area contributed by atoms with Crippen molar-refractivity contribution in [2.75, 3.05) is 7.11 Å². The second-order valence-corrected chi connectivity index (χ2v) is 7.56. The molecule has 1 amide bonds. The first kappa shape index (κ1) is 25.9. The lowest BCUT2D eigenvalue weighted by Gasteiger charge is -2.05. The lowest BCUT2D eigenvalue weighted by atomic mass is 10.0. The Bertz CT molecular complexity index is 1510. The zero-order chi connectivity index (χ0) is 25.9. The molecule has 186 valence electrons. The molecule has 0 aliphatic carbocycles. The van der Waals surface area contributed by atoms with Crippen molar-refractivity contribution in [1.82, 2.24) is 20.2 Å². The standard InChI is InChI=1S/C13H11N3O2.C11H11N.C2H6N2O2/c17-12-14-15-13(18)16(12)8-10-6-3-5-9-4-1-2-7-11(9)10;12-8-10-6-3-5-9-4-1-2-7-11(9)10;1-6-2(5)4-3/h1-7H,8H2,(H,14,17)(H,15,18);1-7H,8,12H2;3H2,1H3,(H,4,5). The predicted octanol–water partition coefficient (Wildman–Crippen LogP) is 2.58. The number of fused-ring (bicyclic) bond motifs is 2. The average molecular weight is 489 g/mol. The fourth-order valence-electron chi connectivity index (χ4n) is 3.61. The Balaban J connectivity index is 0.000000173. The third kappa shape index (κ3) is 6.47. The number of aromatic nitrogens is 3. The summed E-state index contributed by atoms with van der Waals surface area (Å²) in [6, 6.07) is 28.3. The molecular formula is C26H28N6O4. The van der Waals surface area contributed by atoms with Crippen LogP contribution in [0, 0.1) is 0 Å². The molecule has 0 radical (unpaired) electrons. The minimum absolute atomic E-state index is 0.263. The van der Waals surface area contributed by atoms with Gasteiger partial charge < -0.3 is 10.5 Å². The second kappa shape index (κ2) is 12.7. The predicted molar refractivity (Wildman–Crippen MR) is 140 cm³/mol. The molecule has 1 heterocycles. The van der Waals surface area contributed by atoms with Gasteiger partial charge >= 0.3 is 17.5 Å². The highest BCUT2D eigenvalue weighted by molar-refractivity contribution is 5.86. The van der Waals surface area contributed by atoms with Crippen LogP contribution in [0.3, 0.4) is 0 Å². The number of hydrazine groups is 1. The summed E-state index contributed by atoms with van der Waals surface area (Å²) in [6.07, 6.45) is -0.630. The van der Waals surface area contributed by atoms with Crippen LogP contribution in [0.4, 0.5) is 4.79 Å². The van der Waals surface area contributed by atoms with Crippen LogP contribution in [0.2, 0.25) is 0 Å². The van der Waals surface area contributed by atoms with E-state index in [4.69, 9.17) is 5.73 Å². The van der Waals surface area contributed by atoms with Crippen LogP contribution in [-0.4, -0.2) is 28.0 Å². The Hall–Kier alpha value is -4.67. The van der Waals surface area contributed by atoms with Crippen LogP contribution in [0.25, 0.3) is 21.5 Å². The minimum atomic E-state index is -0.630. The number of hydrogen-bond acceptors (Lipinski definition) is 6. The van der Waals surface area contributed by atoms with Gasteiger partial charge in [-0.05, 0) is 32.7 Å². The van der Waals surface area contributed by atoms with Gasteiger partial charge in [0.05, 0.1) is 13.7 Å². The second-order valence-electron chi connectivity index (χ2n) is 7.56. The highest BCUT2D eigenvalue weighted by Gasteiger charge is 2.06. The van der Waals surface area contributed by atoms with E-state index in [9.17, 15) is 14.4 Å². The lowest BCUT2D eigenvalue weighted by Crippen LogP contribution is -2.29. The first-order chi connectivity index (χ1) is 17.5. The number of H-pyrrole nitrogens is 2. The molecular weight excluding hydrogens is 460 g/mol. The van der Waals surface area contributed by atoms with Crippen molar-refractivity contribution in [3.8, 4) is 0 Å². The normalized spacial score (nSPS) is 10.1. The molecule has 1 aromatic heterocycles. The number of rotatable bonds is 3. The summed E-state index contributed by atoms with van der Waals surface area (Å²) in [5.41, 5.74) is 8.68. The Morgan fingerprint density at radius 2 is 1.28 bits per heavy atom. The quantitative estimate of drug-likeness (QED) is 0.149. The minimum Gasteiger partial charge on any atom is -0.452 e. The van der Waals surface area contributed by atoms with E-state index in [1.54, 1.807) is 5.43 Å². The summed E-state index contributed by atoms with van der Waals surface area (Å²) in [6.45, 7) is 0.875. The number of carbonyl (C=O) groups excluding carboxylic acids is 1. The number of nitrogens with zero attached hydrogens (tertiary/aromatic N) is 1. The van der Waals surface area contributed by atoms with Gasteiger partial charge in [0.2, 0.25) is 0 Å². The molecule has 5 rings (SSSR count). The van der Waals surface area contributed by atoms with E-state index in [0.717, 1.165) is 20.9 Å². The van der Waals surface area contributed by atoms with E-state index in [1.807, 2.05) is 60.7 Å². The Kier molecular flexibility index (Phi) is 9.15. The van der Waals surface area contributed by atoms with Crippen molar-refractivity contribution < 1.29 is 9.53 Å². The van der Waals surface area contributed by atoms with Crippen molar-refractivity contribution in [1.29, 1.82) is 0 Å². The molecule has 0 unspecified atom stereocenters. The molecule has 4 aromatic carbocycles. The van der Waals surface area contributed by atoms with E-state index in [1.165, 1.54) is 23.4 Å². The van der Waals surface area contributed by atoms with Gasteiger partial charge in [-0.15, -0.1) is 0 Å². The SMILES string of the molecule is COC(=O)NN.NCc1cccc2ccccc12.O=c1[nH][nH]c(=O)n1Cc1cccc2ccccc12. The molecule has 0 saturated carbocycles. The number of methoxy groups -OCH3 is 1. The molecule has 0 aliphatic heterocycles. The number of nitrogens with one attached hydrogen (secondary N) is 3. The summed E-state index contributed by atoms with van der Waals surface area (Å²) < 4.78 is 5.16. The molecule has 10 heteroatoms. The van der Waals surface area contributed by atoms with Crippen molar-refractivity contribution in [2.24, 2.45) is 11.6 Å². The number of amides is 1. The largest absolute Gasteiger partial charge is 0.452 e. The van der Waals surface area contributed by atoms with Crippen LogP contribution in [0.15, 0.2) is 94.5 Å². The van der Waals surface area contributed by atoms with Gasteiger partial charge in [0.25, 0.3) is 0 Å². The average Bonchev–Trinajstić information content (AvgIpc) is 3.25. The van der Waals surface area contributed by atoms with Crippen molar-refractivity contribution in [3.05, 3.63) is 117 Å². The van der Waals surface area contributed by atoms with Gasteiger partial charge in [0.1, 0.15) is 0 Å². The lowest BCUT2D eigenvalue weighted by molar-refractivity contribution is 0.171. The van der Waals surface area contributed by atoms with Gasteiger partial charge in [0.15, 0.2) is 0 Å². The smallest absolute Gasteiger partial charge is 0.421 e. The van der Waals surface area contributed by atoms with E-state index in [2.05, 4.69) is 45.0 Å². The van der Waals surface area contributed by atoms with E-state index < -0.39 is 17.5 Å². The first-order valence-corrected chi connectivity index (χ1v) is 11.0. The van der Waals surface area contributed by atoms with E-state index in [-0.39, 0.29) is 6.54 Å². The van der Waals surface area contributed by atoms with E-state index in [0.29, 0.717) is 6.54 Å². The monoisotopic (exact) mass is 488 g/mol. The molecule has 0 atom stereocenters. The van der Waals surface area contributed by atoms with Gasteiger partial charge in [-0.3, -0.25) is 5.43 Å². The highest BCUT2D eigenvalue weighted by Crippen LogP contribution is 2.19. The van der Waals surface area contributed by atoms with Crippen LogP contribution in [0.5, 0.6) is 0 Å². The van der Waals surface area contributed by atoms with Gasteiger partial charge in [0, 0.05) is 6.54 Å². The number of nitrogens with two attached hydrogens (primary N) is 2. The van der Waals surface area contributed by atoms with Crippen molar-refractivity contribution >= 4 is 27.6 Å². The van der Waals surface area contributed by atoms with Crippen LogP contribution < -0.4 is 28.4 Å². The van der Waals surface area contributed by atoms with Crippen molar-refractivity contribution in [2.45, 2.75) is 13.1 Å². The summed E-state index contributed by atoms with van der Waals surface area (Å²) in [7, 11) is 1.24. The molecule has 0 bridgehead atoms. The zero-order valence-corrected chi connectivity index (χ0v) is 19.7. The molecule has 5 aromatic rings. The third-order valence-electron chi connectivity index (χ3n) is 5.38. The first-order valence-electron chi connectivity index (χ1n) is 11.0. The maximum atomic E-state index is 11.5. The number of benzene rings is 4. The van der Waals surface area contributed by atoms with Crippen LogP contribution >= 0.6 is 0 Å². The fourth-order valence-corrected chi connectivity index (χ4v) is 3.61. The molecule has 0 aliphatic rings. The topological polar surface area (TPSA) is 161 Å². The summed E-state index contributed by atoms with van der Waals surface area (Å²) in [5, 5.41) is 9.22. The Morgan fingerprint density at radius 3 is 1.75 bits per heavy atom. The van der Waals surface area contributed by atoms with Gasteiger partial charge in [-0.1, -0.05) is 84.9 Å². The number of aromatic amines is 2. The third-order valence-corrected chi connectivity index (χ3v) is 5.38. The molecule has 36 heavy (non-hydrogen) atoms. The summed E-state index contributed by atoms with van der Waals surface area (Å²) in [4.78, 5) is 32.6. The van der Waals surface area contributed by atoms with Gasteiger partial charge in [-0.2, -0.15) is 0 Å². The molecule has 0 saturated heterocycles. The van der Waals surface area contributed by atoms with Crippen LogP contribution in [-0.2, 0) is 17.8 Å². The number of ether oxygens (including phenoxy) is 1. The fraction of sp³-hybridized carbons (Fsp3) is 0.115. The Morgan fingerprint density at radius 1 is 0.806 bits per heavy atom. The Labute approximate surface area is 206 Å². The maximum Gasteiger partial charge on any atom is 0.421 e. The zero-order valence-electron chi connectivity index (χ0n) is 19.7. The molecule has 10 nitrogen and oxygen atoms in total. The summed E-state index contributed by atoms with van der Waals surface area (Å²) >= 11 is 0. The molecule has 0 spiro atoms. The van der Waals surface area contributed by atoms with Crippen molar-refractivity contribution in [3.63, 3.8) is 0 Å². The van der Waals surface area contributed by atoms with Crippen LogP contribution in [0.1, 0.15) is 11.1 Å². The summed E-state index contributed by atoms with van der Waals surface area (Å²) in [5.74, 6) is 4.56. The number of carbonyl (C=O) groups is 1. The molecule has 0 fully saturated rings. The maximum absolute atomic E-state index is 11.5. The highest BCUT2D eigenvalue weighted by atomic mass is 16.5. The molecule has 7 N–H and O–H groups in total.